The van der Waals surface area contributed by atoms with E-state index in [4.69, 9.17) is 4.74 Å². The highest BCUT2D eigenvalue weighted by molar-refractivity contribution is 6.05. The van der Waals surface area contributed by atoms with Crippen LogP contribution in [0.1, 0.15) is 53.4 Å². The van der Waals surface area contributed by atoms with Crippen molar-refractivity contribution in [2.75, 3.05) is 19.0 Å². The maximum atomic E-state index is 13.3. The van der Waals surface area contributed by atoms with Gasteiger partial charge in [-0.2, -0.15) is 13.2 Å². The van der Waals surface area contributed by atoms with Crippen molar-refractivity contribution in [1.29, 1.82) is 0 Å². The zero-order valence-corrected chi connectivity index (χ0v) is 17.0. The Hall–Kier alpha value is -2.54. The molecule has 29 heavy (non-hydrogen) atoms. The molecule has 2 N–H and O–H groups in total. The highest BCUT2D eigenvalue weighted by Gasteiger charge is 2.35. The minimum absolute atomic E-state index is 0.0301. The van der Waals surface area contributed by atoms with Crippen LogP contribution in [0.15, 0.2) is 30.3 Å². The van der Waals surface area contributed by atoms with Gasteiger partial charge in [-0.05, 0) is 47.4 Å². The quantitative estimate of drug-likeness (QED) is 0.759. The van der Waals surface area contributed by atoms with Gasteiger partial charge in [0.2, 0.25) is 0 Å². The van der Waals surface area contributed by atoms with Gasteiger partial charge in [-0.25, -0.2) is 0 Å². The van der Waals surface area contributed by atoms with Crippen molar-refractivity contribution >= 4 is 11.6 Å². The maximum Gasteiger partial charge on any atom is 0.419 e. The van der Waals surface area contributed by atoms with Gasteiger partial charge in [0.25, 0.3) is 5.91 Å². The number of ether oxygens (including phenoxy) is 1. The Kier molecular flexibility index (Phi) is 5.63. The molecule has 7 heteroatoms. The Balaban J connectivity index is 1.96. The van der Waals surface area contributed by atoms with E-state index in [1.54, 1.807) is 0 Å². The van der Waals surface area contributed by atoms with Gasteiger partial charge in [0.1, 0.15) is 5.75 Å². The number of nitrogens with one attached hydrogen (secondary N) is 2. The van der Waals surface area contributed by atoms with Gasteiger partial charge in [-0.1, -0.05) is 26.8 Å². The Labute approximate surface area is 168 Å². The topological polar surface area (TPSA) is 50.4 Å². The van der Waals surface area contributed by atoms with Gasteiger partial charge in [0, 0.05) is 29.8 Å². The predicted molar refractivity (Wildman–Crippen MR) is 107 cm³/mol. The first kappa shape index (κ1) is 21.2. The fraction of sp³-hybridized carbons (Fsp3) is 0.409. The molecule has 0 bridgehead atoms. The summed E-state index contributed by atoms with van der Waals surface area (Å²) in [6.45, 7) is 7.88. The van der Waals surface area contributed by atoms with Gasteiger partial charge in [-0.3, -0.25) is 4.79 Å². The molecule has 156 valence electrons. The van der Waals surface area contributed by atoms with Gasteiger partial charge in [0.05, 0.1) is 12.7 Å². The number of benzene rings is 2. The van der Waals surface area contributed by atoms with E-state index in [1.165, 1.54) is 18.7 Å². The summed E-state index contributed by atoms with van der Waals surface area (Å²) in [5, 5.41) is 6.20. The fourth-order valence-corrected chi connectivity index (χ4v) is 3.91. The van der Waals surface area contributed by atoms with Crippen molar-refractivity contribution < 1.29 is 22.7 Å². The van der Waals surface area contributed by atoms with Gasteiger partial charge >= 0.3 is 6.18 Å². The Bertz CT molecular complexity index is 936. The van der Waals surface area contributed by atoms with E-state index in [9.17, 15) is 18.0 Å². The Morgan fingerprint density at radius 1 is 1.24 bits per heavy atom. The molecule has 0 fully saturated rings. The van der Waals surface area contributed by atoms with E-state index in [-0.39, 0.29) is 16.7 Å². The summed E-state index contributed by atoms with van der Waals surface area (Å²) in [5.41, 5.74) is 2.93. The molecule has 1 amide bonds. The molecule has 0 unspecified atom stereocenters. The van der Waals surface area contributed by atoms with E-state index in [1.807, 2.05) is 19.1 Å². The molecule has 0 saturated carbocycles. The monoisotopic (exact) mass is 406 g/mol. The lowest BCUT2D eigenvalue weighted by molar-refractivity contribution is -0.138. The highest BCUT2D eigenvalue weighted by atomic mass is 19.4. The first-order valence-electron chi connectivity index (χ1n) is 9.51. The molecule has 2 aromatic rings. The SMILES string of the molecule is CCc1c(NC(=O)c2ccc(OC)c(C(F)(F)F)c2)ccc2c1CNCC2(C)C. The molecule has 0 spiro atoms. The Morgan fingerprint density at radius 2 is 1.97 bits per heavy atom. The van der Waals surface area contributed by atoms with E-state index in [2.05, 4.69) is 24.5 Å². The summed E-state index contributed by atoms with van der Waals surface area (Å²) in [5.74, 6) is -0.902. The van der Waals surface area contributed by atoms with Crippen LogP contribution in [-0.2, 0) is 24.6 Å². The molecule has 4 nitrogen and oxygen atoms in total. The molecule has 2 aromatic carbocycles. The third-order valence-electron chi connectivity index (χ3n) is 5.40. The summed E-state index contributed by atoms with van der Waals surface area (Å²) < 4.78 is 44.6. The van der Waals surface area contributed by atoms with Gasteiger partial charge in [-0.15, -0.1) is 0 Å². The molecule has 0 aromatic heterocycles. The summed E-state index contributed by atoms with van der Waals surface area (Å²) in [4.78, 5) is 12.7. The molecular weight excluding hydrogens is 381 g/mol. The summed E-state index contributed by atoms with van der Waals surface area (Å²) in [6.07, 6.45) is -3.91. The second-order valence-corrected chi connectivity index (χ2v) is 7.83. The van der Waals surface area contributed by atoms with Crippen molar-refractivity contribution in [3.8, 4) is 5.75 Å². The lowest BCUT2D eigenvalue weighted by atomic mass is 9.77. The molecule has 3 rings (SSSR count). The third kappa shape index (κ3) is 4.10. The van der Waals surface area contributed by atoms with Crippen molar-refractivity contribution in [2.24, 2.45) is 0 Å². The van der Waals surface area contributed by atoms with Gasteiger partial charge < -0.3 is 15.4 Å². The average Bonchev–Trinajstić information content (AvgIpc) is 2.66. The third-order valence-corrected chi connectivity index (χ3v) is 5.40. The summed E-state index contributed by atoms with van der Waals surface area (Å²) in [7, 11) is 1.17. The molecule has 0 atom stereocenters. The molecule has 0 saturated heterocycles. The lowest BCUT2D eigenvalue weighted by Crippen LogP contribution is -2.39. The van der Waals surface area contributed by atoms with Crippen LogP contribution >= 0.6 is 0 Å². The number of fused-ring (bicyclic) bond motifs is 1. The number of alkyl halides is 3. The number of hydrogen-bond acceptors (Lipinski definition) is 3. The molecule has 1 aliphatic rings. The molecule has 0 radical (unpaired) electrons. The van der Waals surface area contributed by atoms with E-state index in [0.717, 1.165) is 29.8 Å². The van der Waals surface area contributed by atoms with Crippen molar-refractivity contribution in [2.45, 2.75) is 45.3 Å². The Morgan fingerprint density at radius 3 is 2.59 bits per heavy atom. The summed E-state index contributed by atoms with van der Waals surface area (Å²) >= 11 is 0. The molecule has 1 heterocycles. The van der Waals surface area contributed by atoms with Crippen LogP contribution in [0.3, 0.4) is 0 Å². The van der Waals surface area contributed by atoms with Crippen LogP contribution in [0.5, 0.6) is 5.75 Å². The second-order valence-electron chi connectivity index (χ2n) is 7.83. The number of carbonyl (C=O) groups excluding carboxylic acids is 1. The highest BCUT2D eigenvalue weighted by Crippen LogP contribution is 2.38. The normalized spacial score (nSPS) is 15.6. The number of hydrogen-bond donors (Lipinski definition) is 2. The number of rotatable bonds is 4. The van der Waals surface area contributed by atoms with Crippen molar-refractivity contribution in [3.63, 3.8) is 0 Å². The second kappa shape index (κ2) is 7.71. The van der Waals surface area contributed by atoms with Crippen LogP contribution in [-0.4, -0.2) is 19.6 Å². The van der Waals surface area contributed by atoms with Crippen LogP contribution in [0.4, 0.5) is 18.9 Å². The molecule has 1 aliphatic heterocycles. The smallest absolute Gasteiger partial charge is 0.419 e. The molecular formula is C22H25F3N2O2. The van der Waals surface area contributed by atoms with Crippen LogP contribution < -0.4 is 15.4 Å². The van der Waals surface area contributed by atoms with E-state index in [0.29, 0.717) is 18.7 Å². The number of halogens is 3. The minimum atomic E-state index is -4.61. The average molecular weight is 406 g/mol. The maximum absolute atomic E-state index is 13.3. The first-order chi connectivity index (χ1) is 13.6. The van der Waals surface area contributed by atoms with E-state index < -0.39 is 17.6 Å². The predicted octanol–water partition coefficient (Wildman–Crippen LogP) is 4.91. The zero-order valence-electron chi connectivity index (χ0n) is 17.0. The van der Waals surface area contributed by atoms with E-state index >= 15 is 0 Å². The zero-order chi connectivity index (χ0) is 21.4. The van der Waals surface area contributed by atoms with Crippen molar-refractivity contribution in [1.82, 2.24) is 5.32 Å². The van der Waals surface area contributed by atoms with Gasteiger partial charge in [0.15, 0.2) is 0 Å². The first-order valence-corrected chi connectivity index (χ1v) is 9.51. The van der Waals surface area contributed by atoms with Crippen LogP contribution in [0.25, 0.3) is 0 Å². The van der Waals surface area contributed by atoms with Crippen molar-refractivity contribution in [3.05, 3.63) is 58.1 Å². The minimum Gasteiger partial charge on any atom is -0.496 e. The lowest BCUT2D eigenvalue weighted by Gasteiger charge is -2.35. The number of carbonyl (C=O) groups is 1. The van der Waals surface area contributed by atoms with Crippen LogP contribution in [0.2, 0.25) is 0 Å². The summed E-state index contributed by atoms with van der Waals surface area (Å²) in [6, 6.07) is 7.16. The number of amides is 1. The standard InChI is InChI=1S/C22H25F3N2O2/c1-5-14-15-11-26-12-21(2,3)16(15)7-8-18(14)27-20(28)13-6-9-19(29-4)17(10-13)22(23,24)25/h6-10,26H,5,11-12H2,1-4H3,(H,27,28). The molecule has 0 aliphatic carbocycles. The number of anilines is 1. The fourth-order valence-electron chi connectivity index (χ4n) is 3.91. The largest absolute Gasteiger partial charge is 0.496 e. The van der Waals surface area contributed by atoms with Crippen LogP contribution in [0, 0.1) is 0 Å². The number of methoxy groups -OCH3 is 1.